The van der Waals surface area contributed by atoms with Crippen LogP contribution in [0.2, 0.25) is 0 Å². The zero-order chi connectivity index (χ0) is 19.6. The van der Waals surface area contributed by atoms with E-state index in [9.17, 15) is 20.0 Å². The SMILES string of the molecule is CCCc1cccc([N+](=O)[O-])c1COC(=O)COC[Si](CO)(OC)OC. The van der Waals surface area contributed by atoms with Crippen LogP contribution in [0.3, 0.4) is 0 Å². The van der Waals surface area contributed by atoms with Crippen molar-refractivity contribution in [1.82, 2.24) is 0 Å². The van der Waals surface area contributed by atoms with Crippen LogP contribution in [-0.2, 0) is 36.1 Å². The molecule has 1 N–H and O–H groups in total. The summed E-state index contributed by atoms with van der Waals surface area (Å²) in [5.41, 5.74) is 1.09. The molecule has 1 aromatic rings. The van der Waals surface area contributed by atoms with E-state index in [0.29, 0.717) is 12.0 Å². The first-order chi connectivity index (χ1) is 12.4. The Morgan fingerprint density at radius 3 is 2.54 bits per heavy atom. The van der Waals surface area contributed by atoms with Gasteiger partial charge in [0.15, 0.2) is 0 Å². The Morgan fingerprint density at radius 1 is 1.31 bits per heavy atom. The van der Waals surface area contributed by atoms with Crippen molar-refractivity contribution in [3.8, 4) is 0 Å². The lowest BCUT2D eigenvalue weighted by molar-refractivity contribution is -0.385. The quantitative estimate of drug-likeness (QED) is 0.248. The average Bonchev–Trinajstić information content (AvgIpc) is 2.64. The molecule has 0 spiro atoms. The van der Waals surface area contributed by atoms with Gasteiger partial charge in [0.05, 0.1) is 22.9 Å². The first kappa shape index (κ1) is 22.2. The van der Waals surface area contributed by atoms with Crippen molar-refractivity contribution in [2.24, 2.45) is 0 Å². The molecule has 0 aliphatic heterocycles. The number of aliphatic hydroxyl groups is 1. The summed E-state index contributed by atoms with van der Waals surface area (Å²) in [7, 11) is -0.0780. The molecule has 146 valence electrons. The lowest BCUT2D eigenvalue weighted by Crippen LogP contribution is -2.50. The van der Waals surface area contributed by atoms with Gasteiger partial charge in [-0.25, -0.2) is 4.79 Å². The zero-order valence-electron chi connectivity index (χ0n) is 15.2. The van der Waals surface area contributed by atoms with E-state index in [4.69, 9.17) is 18.3 Å². The molecule has 0 unspecified atom stereocenters. The third-order valence-electron chi connectivity index (χ3n) is 3.87. The highest BCUT2D eigenvalue weighted by Gasteiger charge is 2.36. The fourth-order valence-corrected chi connectivity index (χ4v) is 3.49. The molecular weight excluding hydrogens is 362 g/mol. The van der Waals surface area contributed by atoms with Crippen molar-refractivity contribution in [1.29, 1.82) is 0 Å². The molecule has 0 atom stereocenters. The van der Waals surface area contributed by atoms with E-state index in [1.54, 1.807) is 12.1 Å². The van der Waals surface area contributed by atoms with Gasteiger partial charge in [0.2, 0.25) is 0 Å². The van der Waals surface area contributed by atoms with Gasteiger partial charge in [-0.1, -0.05) is 25.5 Å². The number of nitro benzene ring substituents is 1. The number of carbonyl (C=O) groups excluding carboxylic acids is 1. The maximum absolute atomic E-state index is 11.9. The number of aliphatic hydroxyl groups excluding tert-OH is 1. The van der Waals surface area contributed by atoms with Crippen molar-refractivity contribution in [3.05, 3.63) is 39.4 Å². The van der Waals surface area contributed by atoms with E-state index in [1.165, 1.54) is 20.3 Å². The van der Waals surface area contributed by atoms with Crippen molar-refractivity contribution in [3.63, 3.8) is 0 Å². The van der Waals surface area contributed by atoms with Gasteiger partial charge in [0, 0.05) is 20.3 Å². The highest BCUT2D eigenvalue weighted by molar-refractivity contribution is 6.67. The van der Waals surface area contributed by atoms with Gasteiger partial charge in [-0.15, -0.1) is 0 Å². The van der Waals surface area contributed by atoms with Crippen LogP contribution in [0.1, 0.15) is 24.5 Å². The normalized spacial score (nSPS) is 11.4. The minimum Gasteiger partial charge on any atom is -0.459 e. The molecule has 1 aromatic carbocycles. The van der Waals surface area contributed by atoms with E-state index in [2.05, 4.69) is 0 Å². The summed E-state index contributed by atoms with van der Waals surface area (Å²) in [4.78, 5) is 22.6. The monoisotopic (exact) mass is 387 g/mol. The summed E-state index contributed by atoms with van der Waals surface area (Å²) < 4.78 is 20.6. The maximum atomic E-state index is 11.9. The standard InChI is InChI=1S/C16H25NO8Si/c1-4-6-13-7-5-8-15(17(20)21)14(13)9-25-16(19)10-24-12-26(11-18,22-2)23-3/h5,7-8,18H,4,6,9-12H2,1-3H3. The topological polar surface area (TPSA) is 117 Å². The van der Waals surface area contributed by atoms with E-state index < -0.39 is 19.5 Å². The lowest BCUT2D eigenvalue weighted by Gasteiger charge is -2.24. The molecule has 1 rings (SSSR count). The number of nitro groups is 1. The number of hydrogen-bond acceptors (Lipinski definition) is 8. The number of carbonyl (C=O) groups is 1. The van der Waals surface area contributed by atoms with Gasteiger partial charge in [-0.05, 0) is 12.0 Å². The second-order valence-corrected chi connectivity index (χ2v) is 8.80. The Morgan fingerprint density at radius 2 is 2.00 bits per heavy atom. The molecular formula is C16H25NO8Si. The van der Waals surface area contributed by atoms with Gasteiger partial charge in [-0.2, -0.15) is 0 Å². The van der Waals surface area contributed by atoms with Crippen LogP contribution in [0.25, 0.3) is 0 Å². The summed E-state index contributed by atoms with van der Waals surface area (Å²) >= 11 is 0. The summed E-state index contributed by atoms with van der Waals surface area (Å²) in [6, 6.07) is 4.79. The average molecular weight is 387 g/mol. The minimum absolute atomic E-state index is 0.0435. The number of rotatable bonds is 12. The first-order valence-corrected chi connectivity index (χ1v) is 10.4. The highest BCUT2D eigenvalue weighted by atomic mass is 28.4. The van der Waals surface area contributed by atoms with Crippen LogP contribution >= 0.6 is 0 Å². The molecule has 0 aliphatic rings. The molecule has 0 aromatic heterocycles. The van der Waals surface area contributed by atoms with Gasteiger partial charge in [0.1, 0.15) is 13.2 Å². The van der Waals surface area contributed by atoms with Gasteiger partial charge in [-0.3, -0.25) is 10.1 Å². The minimum atomic E-state index is -2.88. The van der Waals surface area contributed by atoms with Crippen molar-refractivity contribution in [2.45, 2.75) is 26.4 Å². The highest BCUT2D eigenvalue weighted by Crippen LogP contribution is 2.24. The fraction of sp³-hybridized carbons (Fsp3) is 0.562. The largest absolute Gasteiger partial charge is 0.459 e. The molecule has 0 radical (unpaired) electrons. The number of aryl methyl sites for hydroxylation is 1. The van der Waals surface area contributed by atoms with E-state index in [-0.39, 0.29) is 31.4 Å². The second-order valence-electron chi connectivity index (χ2n) is 5.55. The van der Waals surface area contributed by atoms with Crippen LogP contribution in [-0.4, -0.2) is 57.8 Å². The van der Waals surface area contributed by atoms with Gasteiger partial charge in [0.25, 0.3) is 5.69 Å². The lowest BCUT2D eigenvalue weighted by atomic mass is 10.0. The number of benzene rings is 1. The van der Waals surface area contributed by atoms with Crippen LogP contribution in [0, 0.1) is 10.1 Å². The van der Waals surface area contributed by atoms with Gasteiger partial charge >= 0.3 is 14.5 Å². The number of esters is 1. The summed E-state index contributed by atoms with van der Waals surface area (Å²) in [6.45, 7) is 1.39. The third kappa shape index (κ3) is 6.14. The maximum Gasteiger partial charge on any atom is 0.390 e. The summed E-state index contributed by atoms with van der Waals surface area (Å²) in [5.74, 6) is -0.668. The van der Waals surface area contributed by atoms with Crippen LogP contribution in [0.15, 0.2) is 18.2 Å². The smallest absolute Gasteiger partial charge is 0.390 e. The first-order valence-electron chi connectivity index (χ1n) is 8.12. The van der Waals surface area contributed by atoms with Crippen LogP contribution < -0.4 is 0 Å². The zero-order valence-corrected chi connectivity index (χ0v) is 16.2. The molecule has 0 amide bonds. The molecule has 0 bridgehead atoms. The molecule has 26 heavy (non-hydrogen) atoms. The summed E-state index contributed by atoms with van der Waals surface area (Å²) in [5, 5.41) is 20.5. The Balaban J connectivity index is 2.66. The molecule has 0 fully saturated rings. The predicted molar refractivity (Wildman–Crippen MR) is 94.6 cm³/mol. The number of nitrogens with zero attached hydrogens (tertiary/aromatic N) is 1. The molecule has 9 nitrogen and oxygen atoms in total. The molecule has 0 aliphatic carbocycles. The predicted octanol–water partition coefficient (Wildman–Crippen LogP) is 1.41. The van der Waals surface area contributed by atoms with Crippen molar-refractivity contribution in [2.75, 3.05) is 33.3 Å². The number of hydrogen-bond donors (Lipinski definition) is 1. The molecule has 0 saturated carbocycles. The van der Waals surface area contributed by atoms with Crippen molar-refractivity contribution < 1.29 is 33.2 Å². The van der Waals surface area contributed by atoms with Crippen LogP contribution in [0.5, 0.6) is 0 Å². The Hall–Kier alpha value is -1.85. The molecule has 0 saturated heterocycles. The second kappa shape index (κ2) is 11.0. The Labute approximate surface area is 153 Å². The van der Waals surface area contributed by atoms with Gasteiger partial charge < -0.3 is 23.4 Å². The molecule has 0 heterocycles. The van der Waals surface area contributed by atoms with E-state index in [0.717, 1.165) is 12.0 Å². The Bertz CT molecular complexity index is 598. The molecule has 10 heteroatoms. The van der Waals surface area contributed by atoms with E-state index >= 15 is 0 Å². The Kier molecular flexibility index (Phi) is 9.38. The fourth-order valence-electron chi connectivity index (χ4n) is 2.32. The number of ether oxygens (including phenoxy) is 2. The van der Waals surface area contributed by atoms with E-state index in [1.807, 2.05) is 6.92 Å². The van der Waals surface area contributed by atoms with Crippen molar-refractivity contribution >= 4 is 20.2 Å². The summed E-state index contributed by atoms with van der Waals surface area (Å²) in [6.07, 6.45) is 1.11. The third-order valence-corrected chi connectivity index (χ3v) is 6.48. The van der Waals surface area contributed by atoms with Crippen LogP contribution in [0.4, 0.5) is 5.69 Å².